The standard InChI is InChI=1S/C15H21NO2/c16-15(10-14-2-1-9-17-14)11-3-5-12(6-4-11)18-13-7-8-13/h3-6,13-15H,1-2,7-10,16H2. The van der Waals surface area contributed by atoms with Crippen molar-refractivity contribution in [2.75, 3.05) is 6.61 Å². The molecule has 0 bridgehead atoms. The second kappa shape index (κ2) is 5.29. The van der Waals surface area contributed by atoms with E-state index in [0.717, 1.165) is 25.2 Å². The van der Waals surface area contributed by atoms with Crippen molar-refractivity contribution in [3.63, 3.8) is 0 Å². The molecule has 1 aromatic carbocycles. The summed E-state index contributed by atoms with van der Waals surface area (Å²) < 4.78 is 11.4. The first-order valence-corrected chi connectivity index (χ1v) is 6.95. The van der Waals surface area contributed by atoms with Crippen LogP contribution in [-0.4, -0.2) is 18.8 Å². The number of ether oxygens (including phenoxy) is 2. The summed E-state index contributed by atoms with van der Waals surface area (Å²) in [6.07, 6.45) is 6.43. The summed E-state index contributed by atoms with van der Waals surface area (Å²) in [7, 11) is 0. The quantitative estimate of drug-likeness (QED) is 0.870. The maximum atomic E-state index is 6.22. The third-order valence-corrected chi connectivity index (χ3v) is 3.68. The van der Waals surface area contributed by atoms with E-state index in [1.807, 2.05) is 12.1 Å². The highest BCUT2D eigenvalue weighted by Crippen LogP contribution is 2.28. The summed E-state index contributed by atoms with van der Waals surface area (Å²) >= 11 is 0. The Morgan fingerprint density at radius 3 is 2.61 bits per heavy atom. The van der Waals surface area contributed by atoms with Crippen LogP contribution in [0, 0.1) is 0 Å². The Balaban J connectivity index is 1.56. The molecule has 3 heteroatoms. The fourth-order valence-corrected chi connectivity index (χ4v) is 2.42. The van der Waals surface area contributed by atoms with Gasteiger partial charge in [-0.15, -0.1) is 0 Å². The van der Waals surface area contributed by atoms with E-state index in [-0.39, 0.29) is 6.04 Å². The highest BCUT2D eigenvalue weighted by molar-refractivity contribution is 5.29. The van der Waals surface area contributed by atoms with Gasteiger partial charge in [-0.3, -0.25) is 0 Å². The number of hydrogen-bond acceptors (Lipinski definition) is 3. The number of nitrogens with two attached hydrogens (primary N) is 1. The minimum atomic E-state index is 0.0723. The molecule has 1 heterocycles. The second-order valence-corrected chi connectivity index (χ2v) is 5.36. The third kappa shape index (κ3) is 3.03. The monoisotopic (exact) mass is 247 g/mol. The molecule has 1 aliphatic heterocycles. The van der Waals surface area contributed by atoms with E-state index in [2.05, 4.69) is 12.1 Å². The molecule has 1 aliphatic carbocycles. The molecule has 1 saturated heterocycles. The van der Waals surface area contributed by atoms with Crippen LogP contribution in [0.15, 0.2) is 24.3 Å². The van der Waals surface area contributed by atoms with Gasteiger partial charge in [0.1, 0.15) is 5.75 Å². The van der Waals surface area contributed by atoms with Crippen molar-refractivity contribution >= 4 is 0 Å². The minimum absolute atomic E-state index is 0.0723. The molecule has 2 N–H and O–H groups in total. The van der Waals surface area contributed by atoms with Crippen molar-refractivity contribution in [3.8, 4) is 5.75 Å². The second-order valence-electron chi connectivity index (χ2n) is 5.36. The van der Waals surface area contributed by atoms with E-state index in [1.165, 1.54) is 24.8 Å². The van der Waals surface area contributed by atoms with Crippen LogP contribution < -0.4 is 10.5 Å². The molecular formula is C15H21NO2. The van der Waals surface area contributed by atoms with Crippen molar-refractivity contribution < 1.29 is 9.47 Å². The lowest BCUT2D eigenvalue weighted by Gasteiger charge is -2.17. The van der Waals surface area contributed by atoms with Gasteiger partial charge in [0, 0.05) is 12.6 Å². The van der Waals surface area contributed by atoms with Gasteiger partial charge in [0.15, 0.2) is 0 Å². The van der Waals surface area contributed by atoms with E-state index >= 15 is 0 Å². The zero-order valence-electron chi connectivity index (χ0n) is 10.7. The van der Waals surface area contributed by atoms with Crippen LogP contribution >= 0.6 is 0 Å². The average Bonchev–Trinajstić information content (AvgIpc) is 3.04. The van der Waals surface area contributed by atoms with Gasteiger partial charge in [-0.25, -0.2) is 0 Å². The number of benzene rings is 1. The van der Waals surface area contributed by atoms with Gasteiger partial charge in [0.2, 0.25) is 0 Å². The van der Waals surface area contributed by atoms with Gasteiger partial charge in [-0.1, -0.05) is 12.1 Å². The zero-order valence-corrected chi connectivity index (χ0v) is 10.7. The fourth-order valence-electron chi connectivity index (χ4n) is 2.42. The normalized spacial score (nSPS) is 25.1. The van der Waals surface area contributed by atoms with E-state index < -0.39 is 0 Å². The molecular weight excluding hydrogens is 226 g/mol. The van der Waals surface area contributed by atoms with Crippen LogP contribution in [0.2, 0.25) is 0 Å². The van der Waals surface area contributed by atoms with Crippen molar-refractivity contribution in [1.29, 1.82) is 0 Å². The molecule has 2 fully saturated rings. The molecule has 1 aromatic rings. The smallest absolute Gasteiger partial charge is 0.119 e. The van der Waals surface area contributed by atoms with Crippen molar-refractivity contribution in [2.24, 2.45) is 5.73 Å². The summed E-state index contributed by atoms with van der Waals surface area (Å²) in [5, 5.41) is 0. The average molecular weight is 247 g/mol. The van der Waals surface area contributed by atoms with Gasteiger partial charge in [-0.05, 0) is 49.8 Å². The molecule has 2 atom stereocenters. The number of rotatable bonds is 5. The number of hydrogen-bond donors (Lipinski definition) is 1. The van der Waals surface area contributed by atoms with Crippen LogP contribution in [0.3, 0.4) is 0 Å². The van der Waals surface area contributed by atoms with Gasteiger partial charge in [-0.2, -0.15) is 0 Å². The molecule has 0 amide bonds. The summed E-state index contributed by atoms with van der Waals surface area (Å²) in [6.45, 7) is 0.894. The SMILES string of the molecule is NC(CC1CCCO1)c1ccc(OC2CC2)cc1. The molecule has 0 aromatic heterocycles. The zero-order chi connectivity index (χ0) is 12.4. The highest BCUT2D eigenvalue weighted by Gasteiger charge is 2.23. The Kier molecular flexibility index (Phi) is 3.52. The molecule has 3 rings (SSSR count). The van der Waals surface area contributed by atoms with E-state index in [9.17, 15) is 0 Å². The summed E-state index contributed by atoms with van der Waals surface area (Å²) in [4.78, 5) is 0. The lowest BCUT2D eigenvalue weighted by atomic mass is 10.0. The lowest BCUT2D eigenvalue weighted by Crippen LogP contribution is -2.18. The summed E-state index contributed by atoms with van der Waals surface area (Å²) in [5.74, 6) is 0.963. The van der Waals surface area contributed by atoms with Crippen molar-refractivity contribution in [1.82, 2.24) is 0 Å². The Labute approximate surface area is 108 Å². The first-order chi connectivity index (χ1) is 8.81. The highest BCUT2D eigenvalue weighted by atomic mass is 16.5. The molecule has 1 saturated carbocycles. The van der Waals surface area contributed by atoms with Crippen molar-refractivity contribution in [2.45, 2.75) is 50.4 Å². The Hall–Kier alpha value is -1.06. The molecule has 98 valence electrons. The maximum Gasteiger partial charge on any atom is 0.119 e. The van der Waals surface area contributed by atoms with Crippen LogP contribution in [-0.2, 0) is 4.74 Å². The molecule has 18 heavy (non-hydrogen) atoms. The first kappa shape index (κ1) is 12.0. The van der Waals surface area contributed by atoms with E-state index in [4.69, 9.17) is 15.2 Å². The molecule has 2 aliphatic rings. The van der Waals surface area contributed by atoms with E-state index in [0.29, 0.717) is 12.2 Å². The van der Waals surface area contributed by atoms with Crippen LogP contribution in [0.25, 0.3) is 0 Å². The van der Waals surface area contributed by atoms with Gasteiger partial charge in [0.25, 0.3) is 0 Å². The van der Waals surface area contributed by atoms with E-state index in [1.54, 1.807) is 0 Å². The molecule has 0 radical (unpaired) electrons. The maximum absolute atomic E-state index is 6.22. The predicted molar refractivity (Wildman–Crippen MR) is 70.6 cm³/mol. The first-order valence-electron chi connectivity index (χ1n) is 6.95. The van der Waals surface area contributed by atoms with Gasteiger partial charge in [0.05, 0.1) is 12.2 Å². The van der Waals surface area contributed by atoms with Crippen LogP contribution in [0.5, 0.6) is 5.75 Å². The summed E-state index contributed by atoms with van der Waals surface area (Å²) in [5.41, 5.74) is 7.39. The molecule has 3 nitrogen and oxygen atoms in total. The van der Waals surface area contributed by atoms with Crippen molar-refractivity contribution in [3.05, 3.63) is 29.8 Å². The lowest BCUT2D eigenvalue weighted by molar-refractivity contribution is 0.0983. The Morgan fingerprint density at radius 1 is 1.22 bits per heavy atom. The largest absolute Gasteiger partial charge is 0.490 e. The third-order valence-electron chi connectivity index (χ3n) is 3.68. The Bertz CT molecular complexity index is 380. The summed E-state index contributed by atoms with van der Waals surface area (Å²) in [6, 6.07) is 8.30. The topological polar surface area (TPSA) is 44.5 Å². The fraction of sp³-hybridized carbons (Fsp3) is 0.600. The van der Waals surface area contributed by atoms with Gasteiger partial charge < -0.3 is 15.2 Å². The van der Waals surface area contributed by atoms with Crippen LogP contribution in [0.4, 0.5) is 0 Å². The predicted octanol–water partition coefficient (Wildman–Crippen LogP) is 2.80. The molecule has 0 spiro atoms. The van der Waals surface area contributed by atoms with Gasteiger partial charge >= 0.3 is 0 Å². The Morgan fingerprint density at radius 2 is 2.00 bits per heavy atom. The van der Waals surface area contributed by atoms with Crippen LogP contribution in [0.1, 0.15) is 43.7 Å². The molecule has 2 unspecified atom stereocenters. The minimum Gasteiger partial charge on any atom is -0.490 e.